The SMILES string of the molecule is CCSc1cccc(NC2CCNC2)c1C#N. The molecule has 1 unspecified atom stereocenters. The van der Waals surface area contributed by atoms with Gasteiger partial charge in [-0.2, -0.15) is 5.26 Å². The first kappa shape index (κ1) is 12.3. The van der Waals surface area contributed by atoms with E-state index < -0.39 is 0 Å². The summed E-state index contributed by atoms with van der Waals surface area (Å²) in [6.07, 6.45) is 1.12. The molecule has 1 atom stereocenters. The lowest BCUT2D eigenvalue weighted by Gasteiger charge is -2.15. The first-order valence-electron chi connectivity index (χ1n) is 5.98. The van der Waals surface area contributed by atoms with Crippen LogP contribution in [-0.4, -0.2) is 24.9 Å². The zero-order valence-corrected chi connectivity index (χ0v) is 10.8. The Bertz CT molecular complexity index is 419. The predicted octanol–water partition coefficient (Wildman–Crippen LogP) is 2.44. The van der Waals surface area contributed by atoms with E-state index in [9.17, 15) is 5.26 Å². The number of hydrogen-bond acceptors (Lipinski definition) is 4. The molecule has 0 aromatic heterocycles. The normalized spacial score (nSPS) is 18.9. The third kappa shape index (κ3) is 2.93. The molecule has 1 aliphatic heterocycles. The van der Waals surface area contributed by atoms with E-state index in [1.165, 1.54) is 0 Å². The van der Waals surface area contributed by atoms with Crippen LogP contribution in [0.3, 0.4) is 0 Å². The molecule has 0 saturated carbocycles. The molecule has 1 aromatic carbocycles. The molecule has 0 aliphatic carbocycles. The molecule has 0 spiro atoms. The molecule has 1 fully saturated rings. The molecule has 1 aromatic rings. The summed E-state index contributed by atoms with van der Waals surface area (Å²) in [5.41, 5.74) is 1.76. The van der Waals surface area contributed by atoms with Gasteiger partial charge in [-0.15, -0.1) is 11.8 Å². The first-order chi connectivity index (χ1) is 8.35. The lowest BCUT2D eigenvalue weighted by Crippen LogP contribution is -2.22. The molecule has 0 bridgehead atoms. The fraction of sp³-hybridized carbons (Fsp3) is 0.462. The number of anilines is 1. The summed E-state index contributed by atoms with van der Waals surface area (Å²) in [5, 5.41) is 16.1. The van der Waals surface area contributed by atoms with Crippen LogP contribution in [-0.2, 0) is 0 Å². The third-order valence-electron chi connectivity index (χ3n) is 2.86. The van der Waals surface area contributed by atoms with Crippen LogP contribution in [0.15, 0.2) is 23.1 Å². The molecule has 3 nitrogen and oxygen atoms in total. The van der Waals surface area contributed by atoms with Crippen LogP contribution in [0.25, 0.3) is 0 Å². The van der Waals surface area contributed by atoms with Gasteiger partial charge in [-0.1, -0.05) is 13.0 Å². The molecule has 0 amide bonds. The number of nitriles is 1. The highest BCUT2D eigenvalue weighted by Gasteiger charge is 2.16. The Morgan fingerprint density at radius 1 is 1.59 bits per heavy atom. The standard InChI is InChI=1S/C13H17N3S/c1-2-17-13-5-3-4-12(11(13)8-14)16-10-6-7-15-9-10/h3-5,10,15-16H,2,6-7,9H2,1H3. The molecule has 90 valence electrons. The van der Waals surface area contributed by atoms with E-state index in [2.05, 4.69) is 23.6 Å². The number of nitrogens with zero attached hydrogens (tertiary/aromatic N) is 1. The molecule has 4 heteroatoms. The van der Waals surface area contributed by atoms with Crippen molar-refractivity contribution in [3.8, 4) is 6.07 Å². The van der Waals surface area contributed by atoms with E-state index in [4.69, 9.17) is 0 Å². The van der Waals surface area contributed by atoms with Crippen LogP contribution in [0, 0.1) is 11.3 Å². The molecular formula is C13H17N3S. The molecule has 1 heterocycles. The fourth-order valence-electron chi connectivity index (χ4n) is 2.04. The molecule has 1 saturated heterocycles. The van der Waals surface area contributed by atoms with Crippen molar-refractivity contribution in [3.05, 3.63) is 23.8 Å². The quantitative estimate of drug-likeness (QED) is 0.802. The Labute approximate surface area is 107 Å². The van der Waals surface area contributed by atoms with Gasteiger partial charge >= 0.3 is 0 Å². The Morgan fingerprint density at radius 3 is 3.12 bits per heavy atom. The minimum absolute atomic E-state index is 0.448. The minimum Gasteiger partial charge on any atom is -0.380 e. The van der Waals surface area contributed by atoms with Crippen molar-refractivity contribution < 1.29 is 0 Å². The summed E-state index contributed by atoms with van der Waals surface area (Å²) in [6.45, 7) is 4.14. The van der Waals surface area contributed by atoms with Crippen LogP contribution in [0.1, 0.15) is 18.9 Å². The van der Waals surface area contributed by atoms with Gasteiger partial charge in [-0.3, -0.25) is 0 Å². The predicted molar refractivity (Wildman–Crippen MR) is 72.5 cm³/mol. The Morgan fingerprint density at radius 2 is 2.47 bits per heavy atom. The van der Waals surface area contributed by atoms with Crippen LogP contribution in [0.2, 0.25) is 0 Å². The Balaban J connectivity index is 2.20. The second-order valence-electron chi connectivity index (χ2n) is 4.06. The van der Waals surface area contributed by atoms with E-state index in [1.807, 2.05) is 18.2 Å². The number of hydrogen-bond donors (Lipinski definition) is 2. The van der Waals surface area contributed by atoms with Gasteiger partial charge in [-0.25, -0.2) is 0 Å². The summed E-state index contributed by atoms with van der Waals surface area (Å²) >= 11 is 1.72. The maximum absolute atomic E-state index is 9.28. The monoisotopic (exact) mass is 247 g/mol. The van der Waals surface area contributed by atoms with E-state index in [1.54, 1.807) is 11.8 Å². The Kier molecular flexibility index (Phi) is 4.29. The highest BCUT2D eigenvalue weighted by molar-refractivity contribution is 7.99. The van der Waals surface area contributed by atoms with Crippen molar-refractivity contribution in [2.45, 2.75) is 24.3 Å². The molecule has 17 heavy (non-hydrogen) atoms. The lowest BCUT2D eigenvalue weighted by molar-refractivity contribution is 0.792. The van der Waals surface area contributed by atoms with E-state index in [-0.39, 0.29) is 0 Å². The third-order valence-corrected chi connectivity index (χ3v) is 3.80. The molecule has 0 radical (unpaired) electrons. The number of benzene rings is 1. The van der Waals surface area contributed by atoms with Gasteiger partial charge in [0.1, 0.15) is 6.07 Å². The summed E-state index contributed by atoms with van der Waals surface area (Å²) < 4.78 is 0. The summed E-state index contributed by atoms with van der Waals surface area (Å²) in [5.74, 6) is 0.989. The molecule has 2 rings (SSSR count). The molecule has 2 N–H and O–H groups in total. The molecular weight excluding hydrogens is 230 g/mol. The topological polar surface area (TPSA) is 47.8 Å². The van der Waals surface area contributed by atoms with Crippen molar-refractivity contribution in [1.82, 2.24) is 5.32 Å². The van der Waals surface area contributed by atoms with Crippen LogP contribution < -0.4 is 10.6 Å². The van der Waals surface area contributed by atoms with Crippen molar-refractivity contribution >= 4 is 17.4 Å². The zero-order valence-electron chi connectivity index (χ0n) is 9.99. The maximum atomic E-state index is 9.28. The summed E-state index contributed by atoms with van der Waals surface area (Å²) in [6, 6.07) is 8.80. The molecule has 1 aliphatic rings. The van der Waals surface area contributed by atoms with Crippen molar-refractivity contribution in [1.29, 1.82) is 5.26 Å². The smallest absolute Gasteiger partial charge is 0.102 e. The lowest BCUT2D eigenvalue weighted by atomic mass is 10.1. The fourth-order valence-corrected chi connectivity index (χ4v) is 2.83. The second kappa shape index (κ2) is 5.95. The van der Waals surface area contributed by atoms with Crippen molar-refractivity contribution in [2.75, 3.05) is 24.2 Å². The van der Waals surface area contributed by atoms with Crippen LogP contribution >= 0.6 is 11.8 Å². The van der Waals surface area contributed by atoms with Gasteiger partial charge in [0, 0.05) is 17.5 Å². The van der Waals surface area contributed by atoms with E-state index in [0.717, 1.165) is 41.4 Å². The largest absolute Gasteiger partial charge is 0.380 e. The van der Waals surface area contributed by atoms with Crippen molar-refractivity contribution in [3.63, 3.8) is 0 Å². The van der Waals surface area contributed by atoms with E-state index >= 15 is 0 Å². The zero-order chi connectivity index (χ0) is 12.1. The van der Waals surface area contributed by atoms with Gasteiger partial charge in [0.25, 0.3) is 0 Å². The summed E-state index contributed by atoms with van der Waals surface area (Å²) in [4.78, 5) is 1.07. The average Bonchev–Trinajstić information content (AvgIpc) is 2.83. The van der Waals surface area contributed by atoms with Gasteiger partial charge in [0.2, 0.25) is 0 Å². The highest BCUT2D eigenvalue weighted by atomic mass is 32.2. The number of thioether (sulfide) groups is 1. The van der Waals surface area contributed by atoms with Gasteiger partial charge in [-0.05, 0) is 30.9 Å². The maximum Gasteiger partial charge on any atom is 0.102 e. The minimum atomic E-state index is 0.448. The van der Waals surface area contributed by atoms with Gasteiger partial charge in [0.05, 0.1) is 11.3 Å². The highest BCUT2D eigenvalue weighted by Crippen LogP contribution is 2.28. The average molecular weight is 247 g/mol. The van der Waals surface area contributed by atoms with Gasteiger partial charge < -0.3 is 10.6 Å². The van der Waals surface area contributed by atoms with Crippen LogP contribution in [0.4, 0.5) is 5.69 Å². The van der Waals surface area contributed by atoms with E-state index in [0.29, 0.717) is 6.04 Å². The van der Waals surface area contributed by atoms with Crippen LogP contribution in [0.5, 0.6) is 0 Å². The summed E-state index contributed by atoms with van der Waals surface area (Å²) in [7, 11) is 0. The first-order valence-corrected chi connectivity index (χ1v) is 6.97. The Hall–Kier alpha value is -1.18. The van der Waals surface area contributed by atoms with Gasteiger partial charge in [0.15, 0.2) is 0 Å². The number of rotatable bonds is 4. The second-order valence-corrected chi connectivity index (χ2v) is 5.36. The van der Waals surface area contributed by atoms with Crippen molar-refractivity contribution in [2.24, 2.45) is 0 Å². The number of nitrogens with one attached hydrogen (secondary N) is 2.